The second-order valence-corrected chi connectivity index (χ2v) is 12.2. The molecule has 1 aromatic carbocycles. The topological polar surface area (TPSA) is 106 Å². The Morgan fingerprint density at radius 2 is 1.88 bits per heavy atom. The normalized spacial score (nSPS) is 23.0. The number of morpholine rings is 1. The number of fused-ring (bicyclic) bond motifs is 1. The number of Topliss-reactive ketones (excluding diaryl/α,β-unsaturated/α-hetero) is 1. The maximum atomic E-state index is 14.0. The average Bonchev–Trinajstić information content (AvgIpc) is 3.04. The van der Waals surface area contributed by atoms with Crippen LogP contribution in [0.25, 0.3) is 10.8 Å². The van der Waals surface area contributed by atoms with Crippen LogP contribution in [0.4, 0.5) is 11.5 Å². The molecular weight excluding hydrogens is 598 g/mol. The number of carbonyl (C=O) groups excluding carboxylic acids is 2. The van der Waals surface area contributed by atoms with Crippen molar-refractivity contribution < 1.29 is 19.1 Å². The third-order valence-corrected chi connectivity index (χ3v) is 9.67. The predicted octanol–water partition coefficient (Wildman–Crippen LogP) is 5.25. The maximum absolute atomic E-state index is 14.0. The van der Waals surface area contributed by atoms with Gasteiger partial charge in [0, 0.05) is 49.2 Å². The van der Waals surface area contributed by atoms with Crippen molar-refractivity contribution in [1.29, 1.82) is 0 Å². The third-order valence-electron chi connectivity index (χ3n) is 8.82. The molecule has 1 unspecified atom stereocenters. The number of nitrogens with one attached hydrogen (secondary N) is 1. The molecule has 2 aliphatic carbocycles. The minimum atomic E-state index is -1.30. The van der Waals surface area contributed by atoms with Crippen molar-refractivity contribution in [1.82, 2.24) is 14.9 Å². The van der Waals surface area contributed by atoms with Crippen molar-refractivity contribution in [3.63, 3.8) is 0 Å². The number of hydrogen-bond donors (Lipinski definition) is 1. The van der Waals surface area contributed by atoms with Gasteiger partial charge in [-0.3, -0.25) is 19.7 Å². The van der Waals surface area contributed by atoms with Gasteiger partial charge in [0.2, 0.25) is 5.66 Å². The Morgan fingerprint density at radius 3 is 2.62 bits per heavy atom. The van der Waals surface area contributed by atoms with E-state index in [-0.39, 0.29) is 18.4 Å². The zero-order chi connectivity index (χ0) is 29.2. The van der Waals surface area contributed by atoms with Gasteiger partial charge in [0.1, 0.15) is 10.6 Å². The van der Waals surface area contributed by atoms with Crippen molar-refractivity contribution >= 4 is 55.7 Å². The van der Waals surface area contributed by atoms with Crippen molar-refractivity contribution in [2.45, 2.75) is 55.9 Å². The highest BCUT2D eigenvalue weighted by Crippen LogP contribution is 2.50. The maximum Gasteiger partial charge on any atom is 0.349 e. The molecular formula is C32H36BrN5O4. The fraction of sp³-hybridized carbons (Fsp3) is 0.469. The molecule has 1 N–H and O–H groups in total. The van der Waals surface area contributed by atoms with Gasteiger partial charge in [0.25, 0.3) is 0 Å². The lowest BCUT2D eigenvalue weighted by molar-refractivity contribution is -0.161. The van der Waals surface area contributed by atoms with Crippen LogP contribution in [0.3, 0.4) is 0 Å². The molecule has 2 atom stereocenters. The fourth-order valence-corrected chi connectivity index (χ4v) is 7.54. The number of aliphatic imine (C=N–C) groups is 1. The van der Waals surface area contributed by atoms with Gasteiger partial charge in [0.15, 0.2) is 5.78 Å². The lowest BCUT2D eigenvalue weighted by atomic mass is 9.58. The molecule has 1 aliphatic heterocycles. The average molecular weight is 635 g/mol. The molecule has 3 aromatic rings. The van der Waals surface area contributed by atoms with Crippen LogP contribution in [0.15, 0.2) is 60.0 Å². The summed E-state index contributed by atoms with van der Waals surface area (Å²) in [6, 6.07) is 11.9. The van der Waals surface area contributed by atoms with E-state index >= 15 is 0 Å². The summed E-state index contributed by atoms with van der Waals surface area (Å²) in [4.78, 5) is 42.9. The molecule has 6 rings (SSSR count). The van der Waals surface area contributed by atoms with Gasteiger partial charge < -0.3 is 14.8 Å². The number of nitrogens with zero attached hydrogens (tertiary/aromatic N) is 4. The van der Waals surface area contributed by atoms with Crippen molar-refractivity contribution in [2.24, 2.45) is 10.4 Å². The van der Waals surface area contributed by atoms with Crippen LogP contribution < -0.4 is 5.32 Å². The highest BCUT2D eigenvalue weighted by molar-refractivity contribution is 9.10. The van der Waals surface area contributed by atoms with Crippen LogP contribution in [0.2, 0.25) is 0 Å². The van der Waals surface area contributed by atoms with Crippen LogP contribution in [0.5, 0.6) is 0 Å². The zero-order valence-electron chi connectivity index (χ0n) is 23.9. The number of rotatable bonds is 8. The molecule has 220 valence electrons. The van der Waals surface area contributed by atoms with Gasteiger partial charge in [0.05, 0.1) is 30.9 Å². The van der Waals surface area contributed by atoms with Crippen molar-refractivity contribution in [3.8, 4) is 0 Å². The van der Waals surface area contributed by atoms with Gasteiger partial charge >= 0.3 is 5.97 Å². The molecule has 0 radical (unpaired) electrons. The Balaban J connectivity index is 1.35. The number of hydrogen-bond acceptors (Lipinski definition) is 9. The first-order valence-electron chi connectivity index (χ1n) is 14.8. The second-order valence-electron chi connectivity index (χ2n) is 11.3. The Labute approximate surface area is 254 Å². The summed E-state index contributed by atoms with van der Waals surface area (Å²) in [5.41, 5.74) is 0.717. The van der Waals surface area contributed by atoms with E-state index in [1.165, 1.54) is 0 Å². The summed E-state index contributed by atoms with van der Waals surface area (Å²) < 4.78 is 11.4. The molecule has 3 fully saturated rings. The molecule has 3 aliphatic rings. The summed E-state index contributed by atoms with van der Waals surface area (Å²) >= 11 is 3.62. The van der Waals surface area contributed by atoms with Crippen LogP contribution in [0.1, 0.15) is 44.6 Å². The number of ketones is 1. The van der Waals surface area contributed by atoms with E-state index < -0.39 is 15.9 Å². The lowest BCUT2D eigenvalue weighted by Gasteiger charge is -2.50. The minimum Gasteiger partial charge on any atom is -0.463 e. The van der Waals surface area contributed by atoms with E-state index in [9.17, 15) is 9.59 Å². The van der Waals surface area contributed by atoms with Gasteiger partial charge in [-0.25, -0.2) is 9.78 Å². The zero-order valence-corrected chi connectivity index (χ0v) is 25.4. The van der Waals surface area contributed by atoms with E-state index in [0.29, 0.717) is 32.7 Å². The Hall–Kier alpha value is -3.21. The smallest absolute Gasteiger partial charge is 0.349 e. The molecule has 9 nitrogen and oxygen atoms in total. The van der Waals surface area contributed by atoms with E-state index in [2.05, 4.69) is 36.1 Å². The summed E-state index contributed by atoms with van der Waals surface area (Å²) in [6.07, 6.45) is 10.3. The first-order valence-corrected chi connectivity index (χ1v) is 15.7. The van der Waals surface area contributed by atoms with E-state index in [4.69, 9.17) is 14.5 Å². The molecule has 42 heavy (non-hydrogen) atoms. The second kappa shape index (κ2) is 12.2. The van der Waals surface area contributed by atoms with E-state index in [0.717, 1.165) is 65.7 Å². The molecule has 2 saturated carbocycles. The molecule has 2 aromatic heterocycles. The van der Waals surface area contributed by atoms with Crippen molar-refractivity contribution in [3.05, 3.63) is 60.6 Å². The molecule has 1 spiro atoms. The molecule has 1 saturated heterocycles. The van der Waals surface area contributed by atoms with Crippen LogP contribution in [-0.4, -0.2) is 75.7 Å². The monoisotopic (exact) mass is 633 g/mol. The van der Waals surface area contributed by atoms with Gasteiger partial charge in [-0.15, -0.1) is 0 Å². The van der Waals surface area contributed by atoms with E-state index in [1.54, 1.807) is 18.6 Å². The number of aromatic nitrogens is 2. The Morgan fingerprint density at radius 1 is 1.14 bits per heavy atom. The third kappa shape index (κ3) is 5.24. The number of ether oxygens (including phenoxy) is 2. The lowest BCUT2D eigenvalue weighted by Crippen LogP contribution is -2.65. The molecule has 3 heterocycles. The summed E-state index contributed by atoms with van der Waals surface area (Å²) in [5.74, 6) is 0.525. The number of esters is 1. The fourth-order valence-electron chi connectivity index (χ4n) is 6.56. The summed E-state index contributed by atoms with van der Waals surface area (Å²) in [6.45, 7) is 4.16. The number of benzene rings is 1. The number of carbonyl (C=O) groups is 2. The minimum absolute atomic E-state index is 0.188. The van der Waals surface area contributed by atoms with E-state index in [1.807, 2.05) is 43.3 Å². The largest absolute Gasteiger partial charge is 0.463 e. The van der Waals surface area contributed by atoms with Crippen molar-refractivity contribution in [2.75, 3.05) is 38.2 Å². The van der Waals surface area contributed by atoms with Gasteiger partial charge in [-0.2, -0.15) is 0 Å². The highest BCUT2D eigenvalue weighted by atomic mass is 79.9. The number of pyridine rings is 2. The number of alkyl halides is 1. The number of halogens is 1. The quantitative estimate of drug-likeness (QED) is 0.265. The standard InChI is InChI=1S/C32H36BrN5O4/c1-2-42-30(40)32(38-16-18-41-19-17-38,37-27-26(33)28(39)31(27)12-4-3-5-13-31)20-22-6-8-24(9-7-22)36-29-25-21-34-14-10-23(25)11-15-35-29/h6-11,14-15,21,26H,2-5,12-13,16-20H2,1H3,(H,35,36)/t26?,32-/m0/s1. The first-order chi connectivity index (χ1) is 20.5. The molecule has 0 bridgehead atoms. The van der Waals surface area contributed by atoms with Crippen LogP contribution in [-0.2, 0) is 25.5 Å². The Bertz CT molecular complexity index is 1480. The number of anilines is 2. The SMILES string of the molecule is CCOC(=O)[C@@](Cc1ccc(Nc2nccc3ccncc23)cc1)(N=C1C(Br)C(=O)C12CCCCC2)N1CCOCC1. The Kier molecular flexibility index (Phi) is 8.38. The van der Waals surface area contributed by atoms with Gasteiger partial charge in [-0.05, 0) is 55.0 Å². The predicted molar refractivity (Wildman–Crippen MR) is 165 cm³/mol. The summed E-state index contributed by atoms with van der Waals surface area (Å²) in [7, 11) is 0. The molecule has 0 amide bonds. The molecule has 10 heteroatoms. The first kappa shape index (κ1) is 28.9. The summed E-state index contributed by atoms with van der Waals surface area (Å²) in [5, 5.41) is 5.39. The highest BCUT2D eigenvalue weighted by Gasteiger charge is 2.60. The van der Waals surface area contributed by atoms with Crippen LogP contribution in [0, 0.1) is 5.41 Å². The van der Waals surface area contributed by atoms with Crippen LogP contribution >= 0.6 is 15.9 Å². The van der Waals surface area contributed by atoms with Gasteiger partial charge in [-0.1, -0.05) is 47.3 Å².